The van der Waals surface area contributed by atoms with Crippen LogP contribution in [0.15, 0.2) is 24.3 Å². The Labute approximate surface area is 156 Å². The molecule has 0 amide bonds. The van der Waals surface area contributed by atoms with E-state index in [4.69, 9.17) is 0 Å². The van der Waals surface area contributed by atoms with E-state index in [9.17, 15) is 14.2 Å². The Morgan fingerprint density at radius 1 is 0.692 bits per heavy atom. The average molecular weight is 370 g/mol. The van der Waals surface area contributed by atoms with Crippen molar-refractivity contribution in [3.63, 3.8) is 0 Å². The number of aryl methyl sites for hydroxylation is 6. The molecule has 0 spiro atoms. The fraction of sp³-hybridized carbons (Fsp3) is 0.364. The van der Waals surface area contributed by atoms with E-state index in [0.29, 0.717) is 11.1 Å². The topological polar surface area (TPSA) is 51.2 Å². The van der Waals surface area contributed by atoms with Crippen LogP contribution in [0.1, 0.15) is 61.0 Å². The molecule has 0 aromatic heterocycles. The van der Waals surface area contributed by atoms with Crippen LogP contribution in [0.4, 0.5) is 0 Å². The van der Waals surface area contributed by atoms with Crippen molar-refractivity contribution in [1.29, 1.82) is 0 Å². The summed E-state index contributed by atoms with van der Waals surface area (Å²) in [6.45, 7) is 12.9. The van der Waals surface area contributed by atoms with E-state index in [-0.39, 0.29) is 6.16 Å². The van der Waals surface area contributed by atoms with Gasteiger partial charge in [0.05, 0.1) is 0 Å². The van der Waals surface area contributed by atoms with E-state index in [0.717, 1.165) is 33.4 Å². The summed E-state index contributed by atoms with van der Waals surface area (Å²) in [4.78, 5) is 26.5. The molecule has 0 radical (unpaired) electrons. The van der Waals surface area contributed by atoms with Crippen molar-refractivity contribution in [2.45, 2.75) is 48.5 Å². The predicted molar refractivity (Wildman–Crippen MR) is 108 cm³/mol. The van der Waals surface area contributed by atoms with Crippen LogP contribution in [-0.4, -0.2) is 17.2 Å². The van der Waals surface area contributed by atoms with Crippen LogP contribution in [-0.2, 0) is 4.57 Å². The molecule has 2 rings (SSSR count). The molecular weight excluding hydrogens is 343 g/mol. The van der Waals surface area contributed by atoms with E-state index in [1.807, 2.05) is 65.8 Å². The minimum atomic E-state index is -3.74. The molecule has 0 atom stereocenters. The summed E-state index contributed by atoms with van der Waals surface area (Å²) >= 11 is 0. The zero-order chi connectivity index (χ0) is 19.8. The van der Waals surface area contributed by atoms with Gasteiger partial charge < -0.3 is 4.57 Å². The fourth-order valence-corrected chi connectivity index (χ4v) is 5.96. The zero-order valence-electron chi connectivity index (χ0n) is 16.7. The van der Waals surface area contributed by atoms with Crippen molar-refractivity contribution in [3.8, 4) is 0 Å². The van der Waals surface area contributed by atoms with Crippen molar-refractivity contribution in [2.24, 2.45) is 0 Å². The smallest absolute Gasteiger partial charge is 0.229 e. The molecule has 4 heteroatoms. The molecule has 0 heterocycles. The van der Waals surface area contributed by atoms with Gasteiger partial charge in [-0.05, 0) is 63.8 Å². The third-order valence-corrected chi connectivity index (χ3v) is 7.53. The summed E-state index contributed by atoms with van der Waals surface area (Å²) in [5.41, 5.74) is 4.99. The molecule has 0 bridgehead atoms. The van der Waals surface area contributed by atoms with Crippen LogP contribution in [0.3, 0.4) is 0 Å². The van der Waals surface area contributed by atoms with Crippen LogP contribution >= 0.6 is 7.14 Å². The van der Waals surface area contributed by atoms with E-state index in [1.54, 1.807) is 6.92 Å². The lowest BCUT2D eigenvalue weighted by atomic mass is 10.0. The number of carbonyl (C=O) groups is 2. The van der Waals surface area contributed by atoms with E-state index >= 15 is 0 Å². The molecule has 0 saturated heterocycles. The van der Waals surface area contributed by atoms with Crippen LogP contribution in [0, 0.1) is 41.5 Å². The van der Waals surface area contributed by atoms with E-state index < -0.39 is 18.2 Å². The minimum absolute atomic E-state index is 0.0319. The van der Waals surface area contributed by atoms with Gasteiger partial charge in [-0.1, -0.05) is 42.3 Å². The van der Waals surface area contributed by atoms with Gasteiger partial charge in [-0.3, -0.25) is 9.59 Å². The van der Waals surface area contributed by atoms with Crippen LogP contribution in [0.5, 0.6) is 0 Å². The third-order valence-electron chi connectivity index (χ3n) is 4.88. The van der Waals surface area contributed by atoms with Crippen LogP contribution in [0.25, 0.3) is 0 Å². The molecule has 0 saturated carbocycles. The lowest BCUT2D eigenvalue weighted by Crippen LogP contribution is -2.16. The third kappa shape index (κ3) is 3.46. The Morgan fingerprint density at radius 3 is 1.19 bits per heavy atom. The van der Waals surface area contributed by atoms with E-state index in [1.165, 1.54) is 0 Å². The van der Waals surface area contributed by atoms with Crippen LogP contribution in [0.2, 0.25) is 0 Å². The summed E-state index contributed by atoms with van der Waals surface area (Å²) in [6.07, 6.45) is 0.0319. The molecule has 138 valence electrons. The van der Waals surface area contributed by atoms with Gasteiger partial charge in [0.2, 0.25) is 18.2 Å². The second kappa shape index (κ2) is 7.32. The molecule has 2 aromatic rings. The number of carbonyl (C=O) groups excluding carboxylic acids is 2. The van der Waals surface area contributed by atoms with Gasteiger partial charge >= 0.3 is 0 Å². The maximum absolute atomic E-state index is 13.7. The standard InChI is InChI=1S/C22H27O3P/c1-8-26(25,21(23)19-15(4)9-13(2)10-16(19)5)22(24)20-17(6)11-14(3)12-18(20)7/h9-12H,8H2,1-7H3. The van der Waals surface area contributed by atoms with Crippen molar-refractivity contribution in [1.82, 2.24) is 0 Å². The SMILES string of the molecule is CCP(=O)(C(=O)c1c(C)cc(C)cc1C)C(=O)c1c(C)cc(C)cc1C. The first-order valence-electron chi connectivity index (χ1n) is 8.87. The molecule has 0 fully saturated rings. The summed E-state index contributed by atoms with van der Waals surface area (Å²) in [7, 11) is -3.74. The molecule has 0 aliphatic carbocycles. The van der Waals surface area contributed by atoms with Crippen molar-refractivity contribution in [3.05, 3.63) is 68.8 Å². The highest BCUT2D eigenvalue weighted by molar-refractivity contribution is 7.95. The lowest BCUT2D eigenvalue weighted by molar-refractivity contribution is 0.103. The van der Waals surface area contributed by atoms with Gasteiger partial charge in [0, 0.05) is 17.3 Å². The van der Waals surface area contributed by atoms with Crippen molar-refractivity contribution >= 4 is 18.2 Å². The first kappa shape index (κ1) is 20.3. The quantitative estimate of drug-likeness (QED) is 0.616. The highest BCUT2D eigenvalue weighted by Crippen LogP contribution is 2.53. The van der Waals surface area contributed by atoms with Gasteiger partial charge in [0.25, 0.3) is 0 Å². The molecule has 0 N–H and O–H groups in total. The Hall–Kier alpha value is -1.99. The Bertz CT molecular complexity index is 834. The maximum atomic E-state index is 13.7. The second-order valence-corrected chi connectivity index (χ2v) is 10.1. The Morgan fingerprint density at radius 2 is 0.962 bits per heavy atom. The monoisotopic (exact) mass is 370 g/mol. The minimum Gasteiger partial charge on any atom is -0.307 e. The van der Waals surface area contributed by atoms with E-state index in [2.05, 4.69) is 0 Å². The molecule has 0 unspecified atom stereocenters. The average Bonchev–Trinajstić information content (AvgIpc) is 2.51. The van der Waals surface area contributed by atoms with Crippen LogP contribution < -0.4 is 0 Å². The summed E-state index contributed by atoms with van der Waals surface area (Å²) < 4.78 is 13.7. The van der Waals surface area contributed by atoms with Crippen molar-refractivity contribution in [2.75, 3.05) is 6.16 Å². The molecule has 0 aliphatic heterocycles. The van der Waals surface area contributed by atoms with Gasteiger partial charge in [0.1, 0.15) is 0 Å². The lowest BCUT2D eigenvalue weighted by Gasteiger charge is -2.19. The van der Waals surface area contributed by atoms with Gasteiger partial charge in [0.15, 0.2) is 0 Å². The first-order valence-corrected chi connectivity index (χ1v) is 10.8. The summed E-state index contributed by atoms with van der Waals surface area (Å²) in [5, 5.41) is 0. The maximum Gasteiger partial charge on any atom is 0.229 e. The molecule has 26 heavy (non-hydrogen) atoms. The highest BCUT2D eigenvalue weighted by atomic mass is 31.2. The molecule has 0 aliphatic rings. The number of benzene rings is 2. The molecule has 3 nitrogen and oxygen atoms in total. The normalized spacial score (nSPS) is 11.5. The molecule has 2 aromatic carbocycles. The Kier molecular flexibility index (Phi) is 5.73. The first-order chi connectivity index (χ1) is 12.0. The largest absolute Gasteiger partial charge is 0.307 e. The van der Waals surface area contributed by atoms with Crippen molar-refractivity contribution < 1.29 is 14.2 Å². The number of hydrogen-bond acceptors (Lipinski definition) is 3. The fourth-order valence-electron chi connectivity index (χ4n) is 3.78. The van der Waals surface area contributed by atoms with Gasteiger partial charge in [-0.2, -0.15) is 0 Å². The highest BCUT2D eigenvalue weighted by Gasteiger charge is 2.41. The summed E-state index contributed by atoms with van der Waals surface area (Å²) in [5.74, 6) is 0. The molecular formula is C22H27O3P. The van der Waals surface area contributed by atoms with Gasteiger partial charge in [-0.25, -0.2) is 0 Å². The Balaban J connectivity index is 2.64. The van der Waals surface area contributed by atoms with Gasteiger partial charge in [-0.15, -0.1) is 0 Å². The number of rotatable bonds is 5. The zero-order valence-corrected chi connectivity index (χ0v) is 17.6. The summed E-state index contributed by atoms with van der Waals surface area (Å²) in [6, 6.07) is 7.58. The predicted octanol–water partition coefficient (Wildman–Crippen LogP) is 5.90. The second-order valence-electron chi connectivity index (χ2n) is 7.21. The number of hydrogen-bond donors (Lipinski definition) is 0.